The van der Waals surface area contributed by atoms with E-state index in [1.165, 1.54) is 11.1 Å². The van der Waals surface area contributed by atoms with Gasteiger partial charge in [-0.1, -0.05) is 29.8 Å². The molecule has 0 saturated carbocycles. The van der Waals surface area contributed by atoms with E-state index in [2.05, 4.69) is 41.0 Å². The van der Waals surface area contributed by atoms with Crippen molar-refractivity contribution in [1.82, 2.24) is 9.80 Å². The number of rotatable bonds is 11. The van der Waals surface area contributed by atoms with Gasteiger partial charge in [0.05, 0.1) is 32.2 Å². The van der Waals surface area contributed by atoms with Crippen LogP contribution in [-0.2, 0) is 22.6 Å². The van der Waals surface area contributed by atoms with E-state index in [1.807, 2.05) is 12.1 Å². The highest BCUT2D eigenvalue weighted by Gasteiger charge is 2.16. The summed E-state index contributed by atoms with van der Waals surface area (Å²) in [5.74, 6) is 0.774. The molecule has 0 aliphatic carbocycles. The normalized spacial score (nSPS) is 16.5. The number of hydrogen-bond acceptors (Lipinski definition) is 6. The molecule has 2 heterocycles. The van der Waals surface area contributed by atoms with Gasteiger partial charge < -0.3 is 19.0 Å². The molecule has 1 aromatic carbocycles. The molecule has 0 bridgehead atoms. The second-order valence-corrected chi connectivity index (χ2v) is 7.43. The number of hydrogen-bond donors (Lipinski definition) is 1. The molecule has 0 radical (unpaired) electrons. The molecule has 1 N–H and O–H groups in total. The van der Waals surface area contributed by atoms with E-state index in [9.17, 15) is 5.11 Å². The smallest absolute Gasteiger partial charge is 0.129 e. The lowest BCUT2D eigenvalue weighted by atomic mass is 10.1. The summed E-state index contributed by atoms with van der Waals surface area (Å²) in [5, 5.41) is 10.5. The molecular formula is C22H32N2O4. The Hall–Kier alpha value is -1.70. The van der Waals surface area contributed by atoms with Crippen molar-refractivity contribution in [3.05, 3.63) is 59.5 Å². The number of morpholine rings is 1. The molecule has 1 saturated heterocycles. The Morgan fingerprint density at radius 1 is 1.21 bits per heavy atom. The predicted octanol–water partition coefficient (Wildman–Crippen LogP) is 2.30. The van der Waals surface area contributed by atoms with Crippen LogP contribution in [0, 0.1) is 6.92 Å². The highest BCUT2D eigenvalue weighted by Crippen LogP contribution is 2.10. The Balaban J connectivity index is 1.49. The van der Waals surface area contributed by atoms with E-state index in [0.717, 1.165) is 51.7 Å². The molecule has 1 aromatic heterocycles. The number of furan rings is 1. The molecule has 154 valence electrons. The highest BCUT2D eigenvalue weighted by atomic mass is 16.5. The zero-order valence-corrected chi connectivity index (χ0v) is 16.8. The van der Waals surface area contributed by atoms with Gasteiger partial charge in [-0.25, -0.2) is 0 Å². The van der Waals surface area contributed by atoms with Crippen LogP contribution in [0.25, 0.3) is 0 Å². The molecule has 28 heavy (non-hydrogen) atoms. The van der Waals surface area contributed by atoms with Crippen molar-refractivity contribution in [2.24, 2.45) is 0 Å². The Labute approximate surface area is 167 Å². The maximum atomic E-state index is 10.5. The first-order valence-electron chi connectivity index (χ1n) is 10.1. The average molecular weight is 389 g/mol. The van der Waals surface area contributed by atoms with Crippen LogP contribution in [0.2, 0.25) is 0 Å². The number of nitrogens with zero attached hydrogens (tertiary/aromatic N) is 2. The minimum atomic E-state index is -0.538. The molecule has 1 unspecified atom stereocenters. The summed E-state index contributed by atoms with van der Waals surface area (Å²) < 4.78 is 16.3. The van der Waals surface area contributed by atoms with Gasteiger partial charge in [0.25, 0.3) is 0 Å². The second kappa shape index (κ2) is 11.3. The predicted molar refractivity (Wildman–Crippen MR) is 108 cm³/mol. The summed E-state index contributed by atoms with van der Waals surface area (Å²) in [4.78, 5) is 4.73. The van der Waals surface area contributed by atoms with Crippen molar-refractivity contribution < 1.29 is 19.0 Å². The molecule has 0 spiro atoms. The van der Waals surface area contributed by atoms with E-state index >= 15 is 0 Å². The van der Waals surface area contributed by atoms with Crippen molar-refractivity contribution in [3.8, 4) is 0 Å². The number of benzene rings is 1. The van der Waals surface area contributed by atoms with E-state index in [4.69, 9.17) is 13.9 Å². The Morgan fingerprint density at radius 2 is 2.07 bits per heavy atom. The van der Waals surface area contributed by atoms with Crippen molar-refractivity contribution >= 4 is 0 Å². The van der Waals surface area contributed by atoms with Crippen molar-refractivity contribution in [1.29, 1.82) is 0 Å². The molecule has 3 rings (SSSR count). The standard InChI is InChI=1S/C22H32N2O4/c1-19-4-2-5-20(14-19)15-24(8-7-23-9-12-26-13-10-23)16-21(25)17-27-18-22-6-3-11-28-22/h2-6,11,14,21,25H,7-10,12-13,15-18H2,1H3. The first-order valence-corrected chi connectivity index (χ1v) is 10.1. The summed E-state index contributed by atoms with van der Waals surface area (Å²) in [6.07, 6.45) is 1.09. The quantitative estimate of drug-likeness (QED) is 0.637. The van der Waals surface area contributed by atoms with E-state index in [1.54, 1.807) is 6.26 Å². The number of aliphatic hydroxyl groups is 1. The fourth-order valence-electron chi connectivity index (χ4n) is 3.45. The van der Waals surface area contributed by atoms with Gasteiger partial charge in [-0.2, -0.15) is 0 Å². The van der Waals surface area contributed by atoms with Crippen molar-refractivity contribution in [2.75, 3.05) is 52.5 Å². The van der Waals surface area contributed by atoms with Crippen LogP contribution >= 0.6 is 0 Å². The lowest BCUT2D eigenvalue weighted by Gasteiger charge is -2.31. The van der Waals surface area contributed by atoms with Crippen LogP contribution in [0.4, 0.5) is 0 Å². The second-order valence-electron chi connectivity index (χ2n) is 7.43. The maximum absolute atomic E-state index is 10.5. The molecule has 1 fully saturated rings. The molecule has 6 heteroatoms. The van der Waals surface area contributed by atoms with Gasteiger partial charge in [-0.15, -0.1) is 0 Å². The summed E-state index contributed by atoms with van der Waals surface area (Å²) in [6, 6.07) is 12.3. The zero-order valence-electron chi connectivity index (χ0n) is 16.8. The molecule has 1 atom stereocenters. The summed E-state index contributed by atoms with van der Waals surface area (Å²) >= 11 is 0. The topological polar surface area (TPSA) is 58.3 Å². The Bertz CT molecular complexity index is 671. The zero-order chi connectivity index (χ0) is 19.6. The van der Waals surface area contributed by atoms with Crippen LogP contribution < -0.4 is 0 Å². The average Bonchev–Trinajstić information content (AvgIpc) is 3.20. The first-order chi connectivity index (χ1) is 13.7. The minimum Gasteiger partial charge on any atom is -0.467 e. The first kappa shape index (κ1) is 21.0. The van der Waals surface area contributed by atoms with Gasteiger partial charge in [0.2, 0.25) is 0 Å². The third-order valence-corrected chi connectivity index (χ3v) is 4.93. The van der Waals surface area contributed by atoms with Crippen molar-refractivity contribution in [2.45, 2.75) is 26.2 Å². The molecule has 0 amide bonds. The lowest BCUT2D eigenvalue weighted by molar-refractivity contribution is -0.00152. The van der Waals surface area contributed by atoms with Gasteiger partial charge in [0.1, 0.15) is 12.4 Å². The number of aryl methyl sites for hydroxylation is 1. The van der Waals surface area contributed by atoms with E-state index < -0.39 is 6.10 Å². The van der Waals surface area contributed by atoms with Crippen LogP contribution in [0.15, 0.2) is 47.1 Å². The number of aliphatic hydroxyl groups excluding tert-OH is 1. The van der Waals surface area contributed by atoms with Crippen LogP contribution in [0.1, 0.15) is 16.9 Å². The van der Waals surface area contributed by atoms with Crippen molar-refractivity contribution in [3.63, 3.8) is 0 Å². The minimum absolute atomic E-state index is 0.294. The van der Waals surface area contributed by atoms with E-state index in [0.29, 0.717) is 19.8 Å². The van der Waals surface area contributed by atoms with Crippen LogP contribution in [-0.4, -0.2) is 73.6 Å². The monoisotopic (exact) mass is 388 g/mol. The molecule has 1 aliphatic rings. The SMILES string of the molecule is Cc1cccc(CN(CCN2CCOCC2)CC(O)COCc2ccco2)c1. The molecule has 2 aromatic rings. The maximum Gasteiger partial charge on any atom is 0.129 e. The Morgan fingerprint density at radius 3 is 2.82 bits per heavy atom. The fourth-order valence-corrected chi connectivity index (χ4v) is 3.45. The van der Waals surface area contributed by atoms with Gasteiger partial charge in [-0.3, -0.25) is 9.80 Å². The summed E-state index contributed by atoms with van der Waals surface area (Å²) in [6.45, 7) is 9.65. The third-order valence-electron chi connectivity index (χ3n) is 4.93. The van der Waals surface area contributed by atoms with Gasteiger partial charge >= 0.3 is 0 Å². The molecule has 1 aliphatic heterocycles. The third kappa shape index (κ3) is 7.37. The molecular weight excluding hydrogens is 356 g/mol. The summed E-state index contributed by atoms with van der Waals surface area (Å²) in [5.41, 5.74) is 2.53. The number of ether oxygens (including phenoxy) is 2. The van der Waals surface area contributed by atoms with Gasteiger partial charge in [-0.05, 0) is 24.6 Å². The highest BCUT2D eigenvalue weighted by molar-refractivity contribution is 5.22. The van der Waals surface area contributed by atoms with E-state index in [-0.39, 0.29) is 0 Å². The fraction of sp³-hybridized carbons (Fsp3) is 0.545. The van der Waals surface area contributed by atoms with Gasteiger partial charge in [0.15, 0.2) is 0 Å². The molecule has 6 nitrogen and oxygen atoms in total. The van der Waals surface area contributed by atoms with Crippen LogP contribution in [0.5, 0.6) is 0 Å². The largest absolute Gasteiger partial charge is 0.467 e. The van der Waals surface area contributed by atoms with Gasteiger partial charge in [0, 0.05) is 39.3 Å². The lowest BCUT2D eigenvalue weighted by Crippen LogP contribution is -2.43. The van der Waals surface area contributed by atoms with Crippen LogP contribution in [0.3, 0.4) is 0 Å². The summed E-state index contributed by atoms with van der Waals surface area (Å²) in [7, 11) is 0. The Kier molecular flexibility index (Phi) is 8.51.